The van der Waals surface area contributed by atoms with E-state index in [1.54, 1.807) is 62.4 Å². The van der Waals surface area contributed by atoms with Crippen molar-refractivity contribution >= 4 is 11.9 Å². The molecule has 0 fully saturated rings. The first-order chi connectivity index (χ1) is 17.2. The maximum atomic E-state index is 12.5. The Bertz CT molecular complexity index is 844. The molecule has 0 amide bonds. The van der Waals surface area contributed by atoms with Crippen LogP contribution in [0.3, 0.4) is 0 Å². The molecule has 0 spiro atoms. The quantitative estimate of drug-likeness (QED) is 0.244. The van der Waals surface area contributed by atoms with E-state index in [1.807, 2.05) is 0 Å². The lowest BCUT2D eigenvalue weighted by atomic mass is 10.1. The highest BCUT2D eigenvalue weighted by Gasteiger charge is 2.22. The van der Waals surface area contributed by atoms with Crippen LogP contribution in [0.15, 0.2) is 48.5 Å². The predicted molar refractivity (Wildman–Crippen MR) is 142 cm³/mol. The molecule has 2 aromatic rings. The summed E-state index contributed by atoms with van der Waals surface area (Å²) in [6.07, 6.45) is 3.25. The number of esters is 2. The van der Waals surface area contributed by atoms with Crippen molar-refractivity contribution in [3.63, 3.8) is 0 Å². The summed E-state index contributed by atoms with van der Waals surface area (Å²) in [6.45, 7) is 13.3. The van der Waals surface area contributed by atoms with Gasteiger partial charge >= 0.3 is 11.9 Å². The van der Waals surface area contributed by atoms with Crippen LogP contribution in [0.2, 0.25) is 0 Å². The third kappa shape index (κ3) is 9.92. The van der Waals surface area contributed by atoms with Gasteiger partial charge in [0.25, 0.3) is 0 Å². The molecular formula is C30H42O6. The van der Waals surface area contributed by atoms with Gasteiger partial charge in [-0.25, -0.2) is 9.59 Å². The van der Waals surface area contributed by atoms with Crippen LogP contribution in [0.1, 0.15) is 87.9 Å². The van der Waals surface area contributed by atoms with Crippen molar-refractivity contribution < 1.29 is 28.5 Å². The predicted octanol–water partition coefficient (Wildman–Crippen LogP) is 7.11. The van der Waals surface area contributed by atoms with Gasteiger partial charge < -0.3 is 18.9 Å². The minimum Gasteiger partial charge on any atom is -0.493 e. The van der Waals surface area contributed by atoms with E-state index in [0.717, 1.165) is 37.2 Å². The number of hydrogen-bond donors (Lipinski definition) is 0. The van der Waals surface area contributed by atoms with Gasteiger partial charge in [0.1, 0.15) is 23.7 Å². The first-order valence-electron chi connectivity index (χ1n) is 13.1. The monoisotopic (exact) mass is 498 g/mol. The van der Waals surface area contributed by atoms with Gasteiger partial charge in [0.15, 0.2) is 0 Å². The standard InChI is InChI=1S/C30H42O6/c1-7-9-21(3)19-33-27-15-11-25(12-16-27)29(31)35-23(5)24(6)36-30(32)26-13-17-28(18-14-26)34-20-22(4)10-8-2/h11-18,21-24H,7-10,19-20H2,1-6H3. The van der Waals surface area contributed by atoms with Crippen LogP contribution in [0.4, 0.5) is 0 Å². The Labute approximate surface area is 216 Å². The highest BCUT2D eigenvalue weighted by Crippen LogP contribution is 2.18. The molecule has 0 saturated heterocycles. The number of carbonyl (C=O) groups excluding carboxylic acids is 2. The van der Waals surface area contributed by atoms with Gasteiger partial charge in [0, 0.05) is 0 Å². The van der Waals surface area contributed by atoms with Gasteiger partial charge in [0.2, 0.25) is 0 Å². The Hall–Kier alpha value is -3.02. The third-order valence-electron chi connectivity index (χ3n) is 6.06. The molecule has 0 N–H and O–H groups in total. The Morgan fingerprint density at radius 3 is 1.25 bits per heavy atom. The third-order valence-corrected chi connectivity index (χ3v) is 6.06. The Morgan fingerprint density at radius 1 is 0.611 bits per heavy atom. The molecule has 0 aromatic heterocycles. The van der Waals surface area contributed by atoms with Gasteiger partial charge in [-0.15, -0.1) is 0 Å². The lowest BCUT2D eigenvalue weighted by Crippen LogP contribution is -2.30. The van der Waals surface area contributed by atoms with Crippen molar-refractivity contribution in [2.45, 2.75) is 79.4 Å². The molecule has 0 bridgehead atoms. The van der Waals surface area contributed by atoms with E-state index in [9.17, 15) is 9.59 Å². The maximum Gasteiger partial charge on any atom is 0.338 e. The fourth-order valence-electron chi connectivity index (χ4n) is 3.67. The van der Waals surface area contributed by atoms with Crippen LogP contribution < -0.4 is 9.47 Å². The second-order valence-electron chi connectivity index (χ2n) is 9.68. The summed E-state index contributed by atoms with van der Waals surface area (Å²) in [7, 11) is 0. The number of rotatable bonds is 15. The second-order valence-corrected chi connectivity index (χ2v) is 9.68. The van der Waals surface area contributed by atoms with Gasteiger partial charge in [0.05, 0.1) is 24.3 Å². The lowest BCUT2D eigenvalue weighted by Gasteiger charge is -2.21. The SMILES string of the molecule is CCCC(C)COc1ccc(C(=O)OC(C)C(C)OC(=O)c2ccc(OCC(C)CCC)cc2)cc1. The van der Waals surface area contributed by atoms with Crippen LogP contribution in [0, 0.1) is 11.8 Å². The van der Waals surface area contributed by atoms with E-state index < -0.39 is 24.1 Å². The zero-order valence-corrected chi connectivity index (χ0v) is 22.6. The molecule has 0 aliphatic rings. The molecule has 2 aromatic carbocycles. The molecule has 0 aliphatic heterocycles. The Kier molecular flexibility index (Phi) is 12.3. The first-order valence-corrected chi connectivity index (χ1v) is 13.1. The number of hydrogen-bond acceptors (Lipinski definition) is 6. The molecule has 0 radical (unpaired) electrons. The number of ether oxygens (including phenoxy) is 4. The number of benzene rings is 2. The van der Waals surface area contributed by atoms with Gasteiger partial charge in [-0.2, -0.15) is 0 Å². The van der Waals surface area contributed by atoms with Crippen molar-refractivity contribution in [1.82, 2.24) is 0 Å². The first kappa shape index (κ1) is 29.2. The van der Waals surface area contributed by atoms with E-state index in [0.29, 0.717) is 36.2 Å². The fourth-order valence-corrected chi connectivity index (χ4v) is 3.67. The summed E-state index contributed by atoms with van der Waals surface area (Å²) < 4.78 is 22.6. The normalized spacial score (nSPS) is 14.3. The topological polar surface area (TPSA) is 71.1 Å². The molecule has 4 unspecified atom stereocenters. The molecule has 0 heterocycles. The molecule has 36 heavy (non-hydrogen) atoms. The van der Waals surface area contributed by atoms with Gasteiger partial charge in [-0.1, -0.05) is 40.5 Å². The fraction of sp³-hybridized carbons (Fsp3) is 0.533. The van der Waals surface area contributed by atoms with Crippen molar-refractivity contribution in [3.8, 4) is 11.5 Å². The average molecular weight is 499 g/mol. The summed E-state index contributed by atoms with van der Waals surface area (Å²) in [6, 6.07) is 13.8. The Balaban J connectivity index is 1.81. The zero-order valence-electron chi connectivity index (χ0n) is 22.6. The van der Waals surface area contributed by atoms with Crippen LogP contribution in [0.25, 0.3) is 0 Å². The lowest BCUT2D eigenvalue weighted by molar-refractivity contribution is -0.0239. The van der Waals surface area contributed by atoms with E-state index in [1.165, 1.54) is 0 Å². The summed E-state index contributed by atoms with van der Waals surface area (Å²) >= 11 is 0. The largest absolute Gasteiger partial charge is 0.493 e. The highest BCUT2D eigenvalue weighted by atomic mass is 16.6. The van der Waals surface area contributed by atoms with Crippen molar-refractivity contribution in [1.29, 1.82) is 0 Å². The van der Waals surface area contributed by atoms with Crippen molar-refractivity contribution in [2.24, 2.45) is 11.8 Å². The molecule has 0 aliphatic carbocycles. The second kappa shape index (κ2) is 15.2. The molecular weight excluding hydrogens is 456 g/mol. The summed E-state index contributed by atoms with van der Waals surface area (Å²) in [5.74, 6) is 1.45. The van der Waals surface area contributed by atoms with E-state index in [2.05, 4.69) is 27.7 Å². The smallest absolute Gasteiger partial charge is 0.338 e. The molecule has 198 valence electrons. The maximum absolute atomic E-state index is 12.5. The van der Waals surface area contributed by atoms with Gasteiger partial charge in [-0.3, -0.25) is 0 Å². The van der Waals surface area contributed by atoms with E-state index >= 15 is 0 Å². The zero-order chi connectivity index (χ0) is 26.5. The van der Waals surface area contributed by atoms with E-state index in [4.69, 9.17) is 18.9 Å². The highest BCUT2D eigenvalue weighted by molar-refractivity contribution is 5.90. The van der Waals surface area contributed by atoms with Gasteiger partial charge in [-0.05, 0) is 87.1 Å². The number of carbonyl (C=O) groups is 2. The molecule has 2 rings (SSSR count). The Morgan fingerprint density at radius 2 is 0.944 bits per heavy atom. The molecule has 4 atom stereocenters. The minimum atomic E-state index is -0.616. The molecule has 6 nitrogen and oxygen atoms in total. The molecule has 0 saturated carbocycles. The minimum absolute atomic E-state index is 0.415. The summed E-state index contributed by atoms with van der Waals surface area (Å²) in [4.78, 5) is 25.1. The summed E-state index contributed by atoms with van der Waals surface area (Å²) in [5.41, 5.74) is 0.830. The van der Waals surface area contributed by atoms with Crippen molar-refractivity contribution in [3.05, 3.63) is 59.7 Å². The van der Waals surface area contributed by atoms with Crippen LogP contribution in [-0.4, -0.2) is 37.4 Å². The van der Waals surface area contributed by atoms with Crippen molar-refractivity contribution in [2.75, 3.05) is 13.2 Å². The van der Waals surface area contributed by atoms with Crippen LogP contribution >= 0.6 is 0 Å². The van der Waals surface area contributed by atoms with Crippen LogP contribution in [0.5, 0.6) is 11.5 Å². The average Bonchev–Trinajstić information content (AvgIpc) is 2.87. The summed E-state index contributed by atoms with van der Waals surface area (Å²) in [5, 5.41) is 0. The molecule has 6 heteroatoms. The van der Waals surface area contributed by atoms with Crippen LogP contribution in [-0.2, 0) is 9.47 Å². The van der Waals surface area contributed by atoms with E-state index in [-0.39, 0.29) is 0 Å².